The molecule has 80 valence electrons. The predicted octanol–water partition coefficient (Wildman–Crippen LogP) is 4.28. The number of rotatable bonds is 3. The van der Waals surface area contributed by atoms with Crippen molar-refractivity contribution in [2.75, 3.05) is 4.90 Å². The molecule has 0 N–H and O–H groups in total. The van der Waals surface area contributed by atoms with E-state index in [1.54, 1.807) is 0 Å². The minimum absolute atomic E-state index is 1.13. The van der Waals surface area contributed by atoms with E-state index in [1.807, 2.05) is 36.5 Å². The van der Waals surface area contributed by atoms with Crippen molar-refractivity contribution >= 4 is 11.4 Å². The molecule has 0 spiro atoms. The van der Waals surface area contributed by atoms with Gasteiger partial charge in [-0.3, -0.25) is 0 Å². The number of hydrogen-bond donors (Lipinski definition) is 0. The maximum absolute atomic E-state index is 3.88. The van der Waals surface area contributed by atoms with Crippen molar-refractivity contribution in [2.45, 2.75) is 6.92 Å². The van der Waals surface area contributed by atoms with Crippen LogP contribution in [0, 0.1) is 6.92 Å². The number of nitrogens with zero attached hydrogens (tertiary/aromatic N) is 1. The zero-order valence-electron chi connectivity index (χ0n) is 9.43. The Morgan fingerprint density at radius 3 is 2.19 bits per heavy atom. The topological polar surface area (TPSA) is 3.24 Å². The summed E-state index contributed by atoms with van der Waals surface area (Å²) >= 11 is 0. The van der Waals surface area contributed by atoms with Crippen LogP contribution in [0.15, 0.2) is 67.4 Å². The first-order chi connectivity index (χ1) is 7.83. The van der Waals surface area contributed by atoms with E-state index in [4.69, 9.17) is 0 Å². The Morgan fingerprint density at radius 1 is 0.938 bits per heavy atom. The molecule has 0 amide bonds. The molecule has 0 unspecified atom stereocenters. The molecule has 0 radical (unpaired) electrons. The Kier molecular flexibility index (Phi) is 3.06. The van der Waals surface area contributed by atoms with Crippen molar-refractivity contribution in [2.24, 2.45) is 0 Å². The van der Waals surface area contributed by atoms with Crippen LogP contribution >= 0.6 is 0 Å². The Balaban J connectivity index is 2.45. The minimum atomic E-state index is 1.13. The summed E-state index contributed by atoms with van der Waals surface area (Å²) in [5, 5.41) is 0. The number of benzene rings is 2. The van der Waals surface area contributed by atoms with Gasteiger partial charge in [-0.25, -0.2) is 0 Å². The smallest absolute Gasteiger partial charge is 0.0484 e. The van der Waals surface area contributed by atoms with Crippen LogP contribution in [0.2, 0.25) is 0 Å². The molecule has 0 aliphatic carbocycles. The third-order valence-electron chi connectivity index (χ3n) is 2.59. The third-order valence-corrected chi connectivity index (χ3v) is 2.59. The lowest BCUT2D eigenvalue weighted by atomic mass is 10.1. The number of aryl methyl sites for hydroxylation is 1. The average molecular weight is 209 g/mol. The van der Waals surface area contributed by atoms with E-state index in [1.165, 1.54) is 11.3 Å². The molecule has 0 atom stereocenters. The van der Waals surface area contributed by atoms with Crippen molar-refractivity contribution in [3.63, 3.8) is 0 Å². The maximum atomic E-state index is 3.88. The molecule has 16 heavy (non-hydrogen) atoms. The quantitative estimate of drug-likeness (QED) is 0.729. The van der Waals surface area contributed by atoms with E-state index in [0.29, 0.717) is 0 Å². The largest absolute Gasteiger partial charge is 0.318 e. The second kappa shape index (κ2) is 4.67. The van der Waals surface area contributed by atoms with E-state index in [9.17, 15) is 0 Å². The van der Waals surface area contributed by atoms with Gasteiger partial charge in [0, 0.05) is 17.6 Å². The van der Waals surface area contributed by atoms with E-state index < -0.39 is 0 Å². The van der Waals surface area contributed by atoms with Gasteiger partial charge >= 0.3 is 0 Å². The first-order valence-electron chi connectivity index (χ1n) is 5.35. The second-order valence-corrected chi connectivity index (χ2v) is 3.67. The molecule has 2 aromatic rings. The van der Waals surface area contributed by atoms with Crippen LogP contribution in [0.3, 0.4) is 0 Å². The minimum Gasteiger partial charge on any atom is -0.318 e. The first-order valence-corrected chi connectivity index (χ1v) is 5.35. The van der Waals surface area contributed by atoms with E-state index in [0.717, 1.165) is 5.69 Å². The lowest BCUT2D eigenvalue weighted by Gasteiger charge is -2.22. The van der Waals surface area contributed by atoms with Crippen LogP contribution in [0.1, 0.15) is 5.56 Å². The molecule has 0 aliphatic heterocycles. The van der Waals surface area contributed by atoms with Crippen LogP contribution in [0.5, 0.6) is 0 Å². The third kappa shape index (κ3) is 1.98. The fraction of sp³-hybridized carbons (Fsp3) is 0.0667. The number of hydrogen-bond acceptors (Lipinski definition) is 1. The Bertz CT molecular complexity index is 474. The van der Waals surface area contributed by atoms with Crippen molar-refractivity contribution in [3.05, 3.63) is 72.9 Å². The number of para-hydroxylation sites is 2. The second-order valence-electron chi connectivity index (χ2n) is 3.67. The molecule has 0 saturated carbocycles. The summed E-state index contributed by atoms with van der Waals surface area (Å²) in [7, 11) is 0. The van der Waals surface area contributed by atoms with Gasteiger partial charge in [-0.2, -0.15) is 0 Å². The van der Waals surface area contributed by atoms with E-state index in [-0.39, 0.29) is 0 Å². The molecule has 2 rings (SSSR count). The molecule has 0 fully saturated rings. The Labute approximate surface area is 96.7 Å². The fourth-order valence-corrected chi connectivity index (χ4v) is 1.77. The molecule has 2 aromatic carbocycles. The molecule has 1 nitrogen and oxygen atoms in total. The van der Waals surface area contributed by atoms with Crippen LogP contribution < -0.4 is 4.90 Å². The van der Waals surface area contributed by atoms with Gasteiger partial charge in [-0.15, -0.1) is 0 Å². The van der Waals surface area contributed by atoms with Crippen LogP contribution in [0.4, 0.5) is 11.4 Å². The van der Waals surface area contributed by atoms with E-state index in [2.05, 4.69) is 42.7 Å². The number of anilines is 2. The van der Waals surface area contributed by atoms with Crippen LogP contribution in [0.25, 0.3) is 0 Å². The van der Waals surface area contributed by atoms with Crippen molar-refractivity contribution < 1.29 is 0 Å². The highest BCUT2D eigenvalue weighted by atomic mass is 15.1. The first kappa shape index (κ1) is 10.5. The zero-order chi connectivity index (χ0) is 11.4. The molecule has 1 heteroatoms. The SMILES string of the molecule is C=CN(c1ccccc1)c1ccccc1C. The van der Waals surface area contributed by atoms with Gasteiger partial charge in [-0.1, -0.05) is 43.0 Å². The summed E-state index contributed by atoms with van der Waals surface area (Å²) in [5.41, 5.74) is 3.54. The summed E-state index contributed by atoms with van der Waals surface area (Å²) < 4.78 is 0. The summed E-state index contributed by atoms with van der Waals surface area (Å²) in [6.07, 6.45) is 1.84. The molecule has 0 saturated heterocycles. The summed E-state index contributed by atoms with van der Waals surface area (Å²) in [4.78, 5) is 2.09. The molecule has 0 aromatic heterocycles. The van der Waals surface area contributed by atoms with Crippen LogP contribution in [-0.4, -0.2) is 0 Å². The van der Waals surface area contributed by atoms with Gasteiger partial charge in [0.05, 0.1) is 0 Å². The highest BCUT2D eigenvalue weighted by Gasteiger charge is 2.06. The summed E-state index contributed by atoms with van der Waals surface area (Å²) in [6.45, 7) is 5.99. The van der Waals surface area contributed by atoms with Gasteiger partial charge in [0.25, 0.3) is 0 Å². The zero-order valence-corrected chi connectivity index (χ0v) is 9.43. The van der Waals surface area contributed by atoms with Crippen LogP contribution in [-0.2, 0) is 0 Å². The van der Waals surface area contributed by atoms with Gasteiger partial charge in [0.15, 0.2) is 0 Å². The monoisotopic (exact) mass is 209 g/mol. The highest BCUT2D eigenvalue weighted by molar-refractivity contribution is 5.68. The molecule has 0 aliphatic rings. The van der Waals surface area contributed by atoms with Crippen molar-refractivity contribution in [3.8, 4) is 0 Å². The Hall–Kier alpha value is -2.02. The van der Waals surface area contributed by atoms with Gasteiger partial charge in [-0.05, 0) is 30.7 Å². The normalized spacial score (nSPS) is 9.81. The van der Waals surface area contributed by atoms with Gasteiger partial charge in [0.2, 0.25) is 0 Å². The molecule has 0 bridgehead atoms. The molecule has 0 heterocycles. The predicted molar refractivity (Wildman–Crippen MR) is 70.0 cm³/mol. The lowest BCUT2D eigenvalue weighted by Crippen LogP contribution is -2.08. The standard InChI is InChI=1S/C15H15N/c1-3-16(14-10-5-4-6-11-14)15-12-8-7-9-13(15)2/h3-12H,1H2,2H3. The maximum Gasteiger partial charge on any atom is 0.0484 e. The van der Waals surface area contributed by atoms with Gasteiger partial charge in [0.1, 0.15) is 0 Å². The van der Waals surface area contributed by atoms with Crippen molar-refractivity contribution in [1.29, 1.82) is 0 Å². The summed E-state index contributed by atoms with van der Waals surface area (Å²) in [5.74, 6) is 0. The van der Waals surface area contributed by atoms with Crippen molar-refractivity contribution in [1.82, 2.24) is 0 Å². The fourth-order valence-electron chi connectivity index (χ4n) is 1.77. The summed E-state index contributed by atoms with van der Waals surface area (Å²) in [6, 6.07) is 18.5. The molecular formula is C15H15N. The average Bonchev–Trinajstić information content (AvgIpc) is 2.34. The molecular weight excluding hydrogens is 194 g/mol. The Morgan fingerprint density at radius 2 is 1.56 bits per heavy atom. The highest BCUT2D eigenvalue weighted by Crippen LogP contribution is 2.27. The lowest BCUT2D eigenvalue weighted by molar-refractivity contribution is 1.25. The van der Waals surface area contributed by atoms with E-state index >= 15 is 0 Å². The van der Waals surface area contributed by atoms with Gasteiger partial charge < -0.3 is 4.90 Å².